The lowest BCUT2D eigenvalue weighted by molar-refractivity contribution is -0.139. The van der Waals surface area contributed by atoms with Crippen molar-refractivity contribution in [3.05, 3.63) is 66.2 Å². The molecule has 0 amide bonds. The third-order valence-electron chi connectivity index (χ3n) is 5.58. The van der Waals surface area contributed by atoms with Gasteiger partial charge in [-0.3, -0.25) is 0 Å². The number of rotatable bonds is 8. The predicted octanol–water partition coefficient (Wildman–Crippen LogP) is 5.43. The number of carboxylic acids is 1. The molecule has 1 aromatic heterocycles. The topological polar surface area (TPSA) is 97.5 Å². The molecule has 0 saturated heterocycles. The number of hydrogen-bond donors (Lipinski definition) is 2. The number of benzene rings is 3. The van der Waals surface area contributed by atoms with Crippen LogP contribution in [-0.4, -0.2) is 37.8 Å². The summed E-state index contributed by atoms with van der Waals surface area (Å²) in [7, 11) is 0. The molecule has 3 aromatic carbocycles. The van der Waals surface area contributed by atoms with Crippen molar-refractivity contribution >= 4 is 28.8 Å². The van der Waals surface area contributed by atoms with E-state index in [4.69, 9.17) is 9.84 Å². The van der Waals surface area contributed by atoms with E-state index in [9.17, 15) is 9.90 Å². The summed E-state index contributed by atoms with van der Waals surface area (Å²) in [6.07, 6.45) is 0.761. The van der Waals surface area contributed by atoms with Gasteiger partial charge in [0.15, 0.2) is 6.61 Å². The van der Waals surface area contributed by atoms with Gasteiger partial charge >= 0.3 is 5.97 Å². The fraction of sp³-hybridized carbons (Fsp3) is 0.240. The second kappa shape index (κ2) is 9.15. The molecule has 0 fully saturated rings. The second-order valence-corrected chi connectivity index (χ2v) is 9.46. The minimum Gasteiger partial charge on any atom is -0.505 e. The fourth-order valence-corrected chi connectivity index (χ4v) is 4.24. The molecule has 8 heteroatoms. The van der Waals surface area contributed by atoms with E-state index in [0.717, 1.165) is 16.2 Å². The minimum absolute atomic E-state index is 0.0451. The Hall–Kier alpha value is -3.52. The number of ether oxygens (including phenoxy) is 1. The van der Waals surface area contributed by atoms with Crippen molar-refractivity contribution < 1.29 is 19.7 Å². The largest absolute Gasteiger partial charge is 0.505 e. The quantitative estimate of drug-likeness (QED) is 0.360. The van der Waals surface area contributed by atoms with Gasteiger partial charge < -0.3 is 14.9 Å². The Morgan fingerprint density at radius 1 is 1.03 bits per heavy atom. The summed E-state index contributed by atoms with van der Waals surface area (Å²) in [5.74, 6) is -0.695. The molecule has 0 aliphatic carbocycles. The van der Waals surface area contributed by atoms with Crippen LogP contribution in [0.25, 0.3) is 16.7 Å². The van der Waals surface area contributed by atoms with Crippen molar-refractivity contribution in [2.45, 2.75) is 42.4 Å². The number of phenolic OH excluding ortho intramolecular Hbond substituents is 1. The lowest BCUT2D eigenvalue weighted by Crippen LogP contribution is -2.18. The summed E-state index contributed by atoms with van der Waals surface area (Å²) < 4.78 is 5.44. The summed E-state index contributed by atoms with van der Waals surface area (Å²) in [5, 5.41) is 29.3. The highest BCUT2D eigenvalue weighted by Crippen LogP contribution is 2.40. The monoisotopic (exact) mass is 463 g/mol. The summed E-state index contributed by atoms with van der Waals surface area (Å²) in [6.45, 7) is 5.56. The third kappa shape index (κ3) is 4.96. The Morgan fingerprint density at radius 2 is 1.76 bits per heavy atom. The Kier molecular flexibility index (Phi) is 6.29. The molecule has 0 unspecified atom stereocenters. The van der Waals surface area contributed by atoms with Crippen molar-refractivity contribution in [1.82, 2.24) is 15.0 Å². The van der Waals surface area contributed by atoms with Crippen LogP contribution in [-0.2, 0) is 10.2 Å². The van der Waals surface area contributed by atoms with Gasteiger partial charge in [0.1, 0.15) is 28.2 Å². The average molecular weight is 464 g/mol. The Labute approximate surface area is 196 Å². The van der Waals surface area contributed by atoms with E-state index >= 15 is 0 Å². The number of aromatic nitrogens is 3. The van der Waals surface area contributed by atoms with Crippen LogP contribution >= 0.6 is 11.8 Å². The normalized spacial score (nSPS) is 11.6. The van der Waals surface area contributed by atoms with Gasteiger partial charge in [-0.2, -0.15) is 0 Å². The number of fused-ring (bicyclic) bond motifs is 1. The average Bonchev–Trinajstić information content (AvgIpc) is 3.22. The maximum atomic E-state index is 11.1. The van der Waals surface area contributed by atoms with Crippen LogP contribution in [0.4, 0.5) is 0 Å². The van der Waals surface area contributed by atoms with Crippen LogP contribution in [0.1, 0.15) is 32.8 Å². The van der Waals surface area contributed by atoms with Gasteiger partial charge in [0.25, 0.3) is 0 Å². The molecule has 0 aliphatic rings. The number of aromatic hydroxyl groups is 1. The van der Waals surface area contributed by atoms with Crippen LogP contribution in [0.15, 0.2) is 70.5 Å². The molecule has 0 saturated carbocycles. The number of carboxylic acid groups (broad SMARTS) is 1. The smallest absolute Gasteiger partial charge is 0.341 e. The standard InChI is InChI=1S/C25H25N3O4S/c1-4-25(2,3)19-12-16(32-15-23(29)30)13-22(24(19)31)28-26-20-11-10-18(14-21(20)27-28)33-17-8-6-5-7-9-17/h5-14,31H,4,15H2,1-3H3,(H,29,30). The molecular formula is C25H25N3O4S. The second-order valence-electron chi connectivity index (χ2n) is 8.31. The van der Waals surface area contributed by atoms with Gasteiger partial charge in [0.05, 0.1) is 0 Å². The molecule has 4 aromatic rings. The first-order valence-electron chi connectivity index (χ1n) is 10.6. The van der Waals surface area contributed by atoms with Gasteiger partial charge in [-0.05, 0) is 48.2 Å². The van der Waals surface area contributed by atoms with E-state index < -0.39 is 12.6 Å². The molecular weight excluding hydrogens is 438 g/mol. The van der Waals surface area contributed by atoms with E-state index in [1.807, 2.05) is 69.3 Å². The summed E-state index contributed by atoms with van der Waals surface area (Å²) in [4.78, 5) is 14.5. The van der Waals surface area contributed by atoms with Crippen molar-refractivity contribution in [2.24, 2.45) is 0 Å². The summed E-state index contributed by atoms with van der Waals surface area (Å²) in [5.41, 5.74) is 1.98. The highest BCUT2D eigenvalue weighted by molar-refractivity contribution is 7.99. The van der Waals surface area contributed by atoms with E-state index in [1.165, 1.54) is 4.80 Å². The zero-order chi connectivity index (χ0) is 23.6. The number of phenols is 1. The van der Waals surface area contributed by atoms with Crippen LogP contribution in [0.5, 0.6) is 11.5 Å². The lowest BCUT2D eigenvalue weighted by atomic mass is 9.81. The molecule has 0 aliphatic heterocycles. The highest BCUT2D eigenvalue weighted by Gasteiger charge is 2.26. The fourth-order valence-electron chi connectivity index (χ4n) is 3.37. The Bertz CT molecular complexity index is 1300. The van der Waals surface area contributed by atoms with E-state index in [1.54, 1.807) is 23.9 Å². The molecule has 33 heavy (non-hydrogen) atoms. The zero-order valence-electron chi connectivity index (χ0n) is 18.6. The van der Waals surface area contributed by atoms with E-state index in [2.05, 4.69) is 10.2 Å². The molecule has 1 heterocycles. The van der Waals surface area contributed by atoms with Crippen LogP contribution in [0.3, 0.4) is 0 Å². The predicted molar refractivity (Wildman–Crippen MR) is 128 cm³/mol. The molecule has 170 valence electrons. The number of nitrogens with zero attached hydrogens (tertiary/aromatic N) is 3. The van der Waals surface area contributed by atoms with Crippen LogP contribution in [0.2, 0.25) is 0 Å². The van der Waals surface area contributed by atoms with Crippen LogP contribution < -0.4 is 4.74 Å². The number of carbonyl (C=O) groups is 1. The van der Waals surface area contributed by atoms with Gasteiger partial charge in [-0.1, -0.05) is 50.7 Å². The number of aliphatic carboxylic acids is 1. The zero-order valence-corrected chi connectivity index (χ0v) is 19.5. The first kappa shape index (κ1) is 22.7. The third-order valence-corrected chi connectivity index (χ3v) is 6.58. The minimum atomic E-state index is -1.08. The van der Waals surface area contributed by atoms with Gasteiger partial charge in [-0.25, -0.2) is 4.79 Å². The maximum Gasteiger partial charge on any atom is 0.341 e. The van der Waals surface area contributed by atoms with Gasteiger partial charge in [0.2, 0.25) is 0 Å². The van der Waals surface area contributed by atoms with E-state index in [-0.39, 0.29) is 11.2 Å². The summed E-state index contributed by atoms with van der Waals surface area (Å²) >= 11 is 1.63. The summed E-state index contributed by atoms with van der Waals surface area (Å²) in [6, 6.07) is 19.1. The highest BCUT2D eigenvalue weighted by atomic mass is 32.2. The van der Waals surface area contributed by atoms with Crippen molar-refractivity contribution in [3.63, 3.8) is 0 Å². The molecule has 0 radical (unpaired) electrons. The molecule has 0 atom stereocenters. The van der Waals surface area contributed by atoms with Gasteiger partial charge in [-0.15, -0.1) is 15.0 Å². The maximum absolute atomic E-state index is 11.1. The molecule has 7 nitrogen and oxygen atoms in total. The van der Waals surface area contributed by atoms with Crippen molar-refractivity contribution in [2.75, 3.05) is 6.61 Å². The van der Waals surface area contributed by atoms with Crippen molar-refractivity contribution in [1.29, 1.82) is 0 Å². The lowest BCUT2D eigenvalue weighted by Gasteiger charge is -2.26. The van der Waals surface area contributed by atoms with Crippen molar-refractivity contribution in [3.8, 4) is 17.2 Å². The first-order valence-corrected chi connectivity index (χ1v) is 11.4. The first-order chi connectivity index (χ1) is 15.8. The Morgan fingerprint density at radius 3 is 2.45 bits per heavy atom. The Balaban J connectivity index is 1.76. The molecule has 0 bridgehead atoms. The molecule has 2 N–H and O–H groups in total. The van der Waals surface area contributed by atoms with Gasteiger partial charge in [0, 0.05) is 21.4 Å². The van der Waals surface area contributed by atoms with Crippen LogP contribution in [0, 0.1) is 0 Å². The molecule has 4 rings (SSSR count). The SMILES string of the molecule is CCC(C)(C)c1cc(OCC(=O)O)cc(-n2nc3ccc(Sc4ccccc4)cc3n2)c1O. The van der Waals surface area contributed by atoms with E-state index in [0.29, 0.717) is 28.0 Å². The number of hydrogen-bond acceptors (Lipinski definition) is 6. The molecule has 0 spiro atoms.